The van der Waals surface area contributed by atoms with Crippen LogP contribution in [0.25, 0.3) is 0 Å². The van der Waals surface area contributed by atoms with Crippen LogP contribution < -0.4 is 4.90 Å². The van der Waals surface area contributed by atoms with Crippen LogP contribution in [0.2, 0.25) is 0 Å². The molecule has 0 spiro atoms. The second-order valence-corrected chi connectivity index (χ2v) is 4.15. The lowest BCUT2D eigenvalue weighted by atomic mass is 10.2. The lowest BCUT2D eigenvalue weighted by molar-refractivity contribution is -0.135. The van der Waals surface area contributed by atoms with Crippen LogP contribution in [0.15, 0.2) is 42.5 Å². The van der Waals surface area contributed by atoms with Crippen molar-refractivity contribution in [1.82, 2.24) is 4.98 Å². The number of nitrogens with zero attached hydrogens (tertiary/aromatic N) is 2. The zero-order valence-corrected chi connectivity index (χ0v) is 10.7. The molecular formula is C14H11FN2O4. The molecule has 2 rings (SSSR count). The number of pyridine rings is 1. The molecular weight excluding hydrogens is 279 g/mol. The van der Waals surface area contributed by atoms with Gasteiger partial charge in [-0.3, -0.25) is 14.5 Å². The molecule has 0 fully saturated rings. The van der Waals surface area contributed by atoms with Crippen molar-refractivity contribution in [1.29, 1.82) is 0 Å². The number of carboxylic acid groups (broad SMARTS) is 1. The number of rotatable bonds is 4. The number of carbonyl (C=O) groups excluding carboxylic acids is 1. The van der Waals surface area contributed by atoms with Crippen LogP contribution >= 0.6 is 0 Å². The van der Waals surface area contributed by atoms with Crippen LogP contribution in [-0.2, 0) is 4.79 Å². The second kappa shape index (κ2) is 6.00. The van der Waals surface area contributed by atoms with Crippen molar-refractivity contribution in [3.05, 3.63) is 54.1 Å². The van der Waals surface area contributed by atoms with Gasteiger partial charge in [-0.05, 0) is 36.4 Å². The summed E-state index contributed by atoms with van der Waals surface area (Å²) in [6, 6.07) is 9.09. The van der Waals surface area contributed by atoms with Crippen molar-refractivity contribution >= 4 is 17.6 Å². The van der Waals surface area contributed by atoms with Crippen molar-refractivity contribution in [3.8, 4) is 5.75 Å². The Morgan fingerprint density at radius 2 is 1.81 bits per heavy atom. The van der Waals surface area contributed by atoms with Crippen LogP contribution in [0.5, 0.6) is 5.75 Å². The van der Waals surface area contributed by atoms with Gasteiger partial charge in [0.25, 0.3) is 5.91 Å². The van der Waals surface area contributed by atoms with Gasteiger partial charge in [-0.2, -0.15) is 4.39 Å². The standard InChI is InChI=1S/C14H11FN2O4/c15-12-3-1-2-11(16-12)14(21)17(8-13(19)20)9-4-6-10(18)7-5-9/h1-7,18H,8H2,(H,19,20). The molecule has 0 unspecified atom stereocenters. The van der Waals surface area contributed by atoms with E-state index in [-0.39, 0.29) is 17.1 Å². The van der Waals surface area contributed by atoms with Crippen molar-refractivity contribution in [2.24, 2.45) is 0 Å². The fraction of sp³-hybridized carbons (Fsp3) is 0.0714. The van der Waals surface area contributed by atoms with Gasteiger partial charge in [0.05, 0.1) is 0 Å². The summed E-state index contributed by atoms with van der Waals surface area (Å²) in [5, 5.41) is 18.1. The summed E-state index contributed by atoms with van der Waals surface area (Å²) in [7, 11) is 0. The summed E-state index contributed by atoms with van der Waals surface area (Å²) in [5.74, 6) is -2.83. The molecule has 1 aromatic heterocycles. The number of carboxylic acids is 1. The highest BCUT2D eigenvalue weighted by molar-refractivity contribution is 6.07. The summed E-state index contributed by atoms with van der Waals surface area (Å²) < 4.78 is 13.1. The lowest BCUT2D eigenvalue weighted by Gasteiger charge is -2.20. The molecule has 0 saturated carbocycles. The number of aromatic nitrogens is 1. The number of hydrogen-bond donors (Lipinski definition) is 2. The van der Waals surface area contributed by atoms with Gasteiger partial charge in [0.1, 0.15) is 18.0 Å². The van der Waals surface area contributed by atoms with Crippen LogP contribution in [-0.4, -0.2) is 33.6 Å². The van der Waals surface area contributed by atoms with Gasteiger partial charge in [-0.25, -0.2) is 4.98 Å². The third kappa shape index (κ3) is 3.53. The van der Waals surface area contributed by atoms with Crippen LogP contribution in [0, 0.1) is 5.95 Å². The molecule has 0 bridgehead atoms. The topological polar surface area (TPSA) is 90.7 Å². The number of phenolic OH excluding ortho intramolecular Hbond substituents is 1. The number of phenols is 1. The molecule has 0 saturated heterocycles. The number of amides is 1. The molecule has 1 heterocycles. The third-order valence-electron chi connectivity index (χ3n) is 2.63. The minimum atomic E-state index is -1.23. The van der Waals surface area contributed by atoms with Gasteiger partial charge in [0, 0.05) is 5.69 Å². The molecule has 1 amide bonds. The van der Waals surface area contributed by atoms with Gasteiger partial charge < -0.3 is 10.2 Å². The minimum absolute atomic E-state index is 0.0228. The number of halogens is 1. The Balaban J connectivity index is 2.38. The number of hydrogen-bond acceptors (Lipinski definition) is 4. The molecule has 6 nitrogen and oxygen atoms in total. The summed E-state index contributed by atoms with van der Waals surface area (Å²) in [6.07, 6.45) is 0. The van der Waals surface area contributed by atoms with E-state index in [4.69, 9.17) is 5.11 Å². The molecule has 2 aromatic rings. The first kappa shape index (κ1) is 14.4. The highest BCUT2D eigenvalue weighted by Crippen LogP contribution is 2.20. The summed E-state index contributed by atoms with van der Waals surface area (Å²) in [6.45, 7) is -0.609. The van der Waals surface area contributed by atoms with Gasteiger partial charge in [-0.1, -0.05) is 6.07 Å². The van der Waals surface area contributed by atoms with Gasteiger partial charge >= 0.3 is 5.97 Å². The quantitative estimate of drug-likeness (QED) is 0.836. The molecule has 0 atom stereocenters. The second-order valence-electron chi connectivity index (χ2n) is 4.15. The van der Waals surface area contributed by atoms with Gasteiger partial charge in [-0.15, -0.1) is 0 Å². The Kier molecular flexibility index (Phi) is 4.13. The first-order valence-corrected chi connectivity index (χ1v) is 5.92. The molecule has 2 N–H and O–H groups in total. The monoisotopic (exact) mass is 290 g/mol. The van der Waals surface area contributed by atoms with Crippen LogP contribution in [0.4, 0.5) is 10.1 Å². The fourth-order valence-corrected chi connectivity index (χ4v) is 1.71. The van der Waals surface area contributed by atoms with Gasteiger partial charge in [0.2, 0.25) is 5.95 Å². The van der Waals surface area contributed by atoms with Crippen molar-refractivity contribution in [3.63, 3.8) is 0 Å². The maximum Gasteiger partial charge on any atom is 0.323 e. The predicted octanol–water partition coefficient (Wildman–Crippen LogP) is 1.66. The van der Waals surface area contributed by atoms with Crippen molar-refractivity contribution in [2.45, 2.75) is 0 Å². The van der Waals surface area contributed by atoms with Crippen LogP contribution in [0.1, 0.15) is 10.5 Å². The molecule has 0 aliphatic heterocycles. The Hall–Kier alpha value is -2.96. The lowest BCUT2D eigenvalue weighted by Crippen LogP contribution is -2.36. The number of anilines is 1. The zero-order chi connectivity index (χ0) is 15.4. The average Bonchev–Trinajstić information content (AvgIpc) is 2.45. The van der Waals surface area contributed by atoms with E-state index in [0.717, 1.165) is 11.0 Å². The Bertz CT molecular complexity index is 673. The van der Waals surface area contributed by atoms with Crippen molar-refractivity contribution < 1.29 is 24.2 Å². The van der Waals surface area contributed by atoms with Crippen LogP contribution in [0.3, 0.4) is 0 Å². The fourth-order valence-electron chi connectivity index (χ4n) is 1.71. The highest BCUT2D eigenvalue weighted by Gasteiger charge is 2.21. The summed E-state index contributed by atoms with van der Waals surface area (Å²) >= 11 is 0. The normalized spacial score (nSPS) is 10.1. The molecule has 0 radical (unpaired) electrons. The first-order chi connectivity index (χ1) is 9.97. The maximum atomic E-state index is 13.1. The Morgan fingerprint density at radius 3 is 2.38 bits per heavy atom. The summed E-state index contributed by atoms with van der Waals surface area (Å²) in [4.78, 5) is 27.6. The minimum Gasteiger partial charge on any atom is -0.508 e. The Morgan fingerprint density at radius 1 is 1.14 bits per heavy atom. The molecule has 21 heavy (non-hydrogen) atoms. The zero-order valence-electron chi connectivity index (χ0n) is 10.7. The highest BCUT2D eigenvalue weighted by atomic mass is 19.1. The van der Waals surface area contributed by atoms with E-state index in [9.17, 15) is 19.1 Å². The molecule has 108 valence electrons. The van der Waals surface area contributed by atoms with E-state index in [1.54, 1.807) is 0 Å². The van der Waals surface area contributed by atoms with E-state index in [1.165, 1.54) is 36.4 Å². The molecule has 1 aromatic carbocycles. The number of aliphatic carboxylic acids is 1. The molecule has 7 heteroatoms. The maximum absolute atomic E-state index is 13.1. The molecule has 0 aliphatic carbocycles. The number of benzene rings is 1. The predicted molar refractivity (Wildman–Crippen MR) is 71.6 cm³/mol. The summed E-state index contributed by atoms with van der Waals surface area (Å²) in [5.41, 5.74) is 0.0515. The smallest absolute Gasteiger partial charge is 0.323 e. The van der Waals surface area contributed by atoms with E-state index in [1.807, 2.05) is 0 Å². The van der Waals surface area contributed by atoms with E-state index >= 15 is 0 Å². The van der Waals surface area contributed by atoms with E-state index in [0.29, 0.717) is 0 Å². The van der Waals surface area contributed by atoms with Gasteiger partial charge in [0.15, 0.2) is 0 Å². The molecule has 0 aliphatic rings. The number of carbonyl (C=O) groups is 2. The third-order valence-corrected chi connectivity index (χ3v) is 2.63. The largest absolute Gasteiger partial charge is 0.508 e. The Labute approximate surface area is 119 Å². The first-order valence-electron chi connectivity index (χ1n) is 5.92. The van der Waals surface area contributed by atoms with E-state index in [2.05, 4.69) is 4.98 Å². The van der Waals surface area contributed by atoms with Crippen molar-refractivity contribution in [2.75, 3.05) is 11.4 Å². The van der Waals surface area contributed by atoms with E-state index < -0.39 is 24.4 Å². The average molecular weight is 290 g/mol. The number of aromatic hydroxyl groups is 1. The SMILES string of the molecule is O=C(O)CN(C(=O)c1cccc(F)n1)c1ccc(O)cc1.